The Hall–Kier alpha value is -3.68. The predicted molar refractivity (Wildman–Crippen MR) is 111 cm³/mol. The van der Waals surface area contributed by atoms with Gasteiger partial charge in [-0.3, -0.25) is 9.59 Å². The number of nitrogens with one attached hydrogen (secondary N) is 2. The number of anilines is 1. The third kappa shape index (κ3) is 6.95. The molecule has 0 unspecified atom stereocenters. The topological polar surface area (TPSA) is 80.6 Å². The lowest BCUT2D eigenvalue weighted by Crippen LogP contribution is -2.25. The number of amides is 2. The fourth-order valence-electron chi connectivity index (χ4n) is 2.99. The van der Waals surface area contributed by atoms with Gasteiger partial charge in [0.2, 0.25) is 5.91 Å². The molecule has 0 aliphatic heterocycles. The van der Waals surface area contributed by atoms with E-state index in [0.29, 0.717) is 30.6 Å². The maximum Gasteiger partial charge on any atom is 0.387 e. The molecule has 0 fully saturated rings. The number of hydrogen-bond donors (Lipinski definition) is 2. The number of rotatable bonds is 10. The molecule has 3 aromatic rings. The predicted octanol–water partition coefficient (Wildman–Crippen LogP) is 4.62. The molecule has 2 aromatic carbocycles. The van der Waals surface area contributed by atoms with Crippen LogP contribution in [0.15, 0.2) is 71.3 Å². The molecule has 0 bridgehead atoms. The number of carbonyl (C=O) groups is 2. The number of hydrogen-bond acceptors (Lipinski definition) is 4. The van der Waals surface area contributed by atoms with Crippen LogP contribution in [0.25, 0.3) is 0 Å². The Morgan fingerprint density at radius 3 is 2.55 bits per heavy atom. The Morgan fingerprint density at radius 2 is 1.84 bits per heavy atom. The van der Waals surface area contributed by atoms with E-state index in [1.165, 1.54) is 18.4 Å². The minimum Gasteiger partial charge on any atom is -0.459 e. The molecule has 3 rings (SSSR count). The van der Waals surface area contributed by atoms with Gasteiger partial charge in [0.1, 0.15) is 5.75 Å². The Labute approximate surface area is 178 Å². The zero-order valence-corrected chi connectivity index (χ0v) is 16.6. The van der Waals surface area contributed by atoms with E-state index in [2.05, 4.69) is 15.4 Å². The molecule has 2 N–H and O–H groups in total. The molecule has 0 saturated heterocycles. The van der Waals surface area contributed by atoms with Gasteiger partial charge >= 0.3 is 6.61 Å². The molecule has 0 radical (unpaired) electrons. The molecule has 1 aromatic heterocycles. The van der Waals surface area contributed by atoms with Crippen LogP contribution in [-0.4, -0.2) is 25.0 Å². The van der Waals surface area contributed by atoms with Crippen LogP contribution >= 0.6 is 0 Å². The second-order valence-electron chi connectivity index (χ2n) is 6.75. The SMILES string of the molecule is O=C(CCCNC(=O)c1ccco1)Nc1ccc(OC(F)F)c(Cc2ccccc2)c1. The average molecular weight is 428 g/mol. The van der Waals surface area contributed by atoms with Crippen molar-refractivity contribution in [2.75, 3.05) is 11.9 Å². The van der Waals surface area contributed by atoms with Crippen molar-refractivity contribution in [3.05, 3.63) is 83.8 Å². The monoisotopic (exact) mass is 428 g/mol. The first-order chi connectivity index (χ1) is 15.0. The van der Waals surface area contributed by atoms with Crippen LogP contribution in [-0.2, 0) is 11.2 Å². The number of carbonyl (C=O) groups excluding carboxylic acids is 2. The summed E-state index contributed by atoms with van der Waals surface area (Å²) in [6.07, 6.45) is 2.40. The lowest BCUT2D eigenvalue weighted by molar-refractivity contribution is -0.116. The lowest BCUT2D eigenvalue weighted by Gasteiger charge is -2.13. The van der Waals surface area contributed by atoms with Crippen molar-refractivity contribution in [3.63, 3.8) is 0 Å². The molecule has 31 heavy (non-hydrogen) atoms. The number of ether oxygens (including phenoxy) is 1. The van der Waals surface area contributed by atoms with Crippen LogP contribution < -0.4 is 15.4 Å². The lowest BCUT2D eigenvalue weighted by atomic mass is 10.0. The Kier molecular flexibility index (Phi) is 7.75. The van der Waals surface area contributed by atoms with Crippen molar-refractivity contribution in [2.24, 2.45) is 0 Å². The maximum atomic E-state index is 12.7. The van der Waals surface area contributed by atoms with Crippen LogP contribution in [0.3, 0.4) is 0 Å². The average Bonchev–Trinajstić information content (AvgIpc) is 3.28. The number of halogens is 2. The van der Waals surface area contributed by atoms with Crippen LogP contribution in [0.1, 0.15) is 34.5 Å². The normalized spacial score (nSPS) is 10.7. The van der Waals surface area contributed by atoms with Crippen LogP contribution in [0, 0.1) is 0 Å². The fraction of sp³-hybridized carbons (Fsp3) is 0.217. The zero-order valence-electron chi connectivity index (χ0n) is 16.6. The summed E-state index contributed by atoms with van der Waals surface area (Å²) in [6.45, 7) is -2.63. The molecule has 162 valence electrons. The molecule has 6 nitrogen and oxygen atoms in total. The Balaban J connectivity index is 1.55. The second-order valence-corrected chi connectivity index (χ2v) is 6.75. The van der Waals surface area contributed by atoms with Crippen molar-refractivity contribution in [2.45, 2.75) is 25.9 Å². The highest BCUT2D eigenvalue weighted by Crippen LogP contribution is 2.27. The summed E-state index contributed by atoms with van der Waals surface area (Å²) in [7, 11) is 0. The molecule has 0 aliphatic rings. The van der Waals surface area contributed by atoms with E-state index >= 15 is 0 Å². The maximum absolute atomic E-state index is 12.7. The summed E-state index contributed by atoms with van der Waals surface area (Å²) < 4.78 is 35.1. The van der Waals surface area contributed by atoms with Gasteiger partial charge in [0, 0.05) is 30.6 Å². The molecular weight excluding hydrogens is 406 g/mol. The van der Waals surface area contributed by atoms with Crippen molar-refractivity contribution in [1.82, 2.24) is 5.32 Å². The highest BCUT2D eigenvalue weighted by atomic mass is 19.3. The van der Waals surface area contributed by atoms with Gasteiger partial charge in [-0.1, -0.05) is 30.3 Å². The van der Waals surface area contributed by atoms with Crippen molar-refractivity contribution in [1.29, 1.82) is 0 Å². The first kappa shape index (κ1) is 22.0. The Morgan fingerprint density at radius 1 is 1.03 bits per heavy atom. The summed E-state index contributed by atoms with van der Waals surface area (Å²) in [4.78, 5) is 24.0. The third-order valence-electron chi connectivity index (χ3n) is 4.41. The summed E-state index contributed by atoms with van der Waals surface area (Å²) in [5, 5.41) is 5.42. The molecular formula is C23H22F2N2O4. The van der Waals surface area contributed by atoms with Crippen molar-refractivity contribution in [3.8, 4) is 5.75 Å². The smallest absolute Gasteiger partial charge is 0.387 e. The van der Waals surface area contributed by atoms with Crippen molar-refractivity contribution < 1.29 is 27.5 Å². The highest BCUT2D eigenvalue weighted by Gasteiger charge is 2.13. The summed E-state index contributed by atoms with van der Waals surface area (Å²) in [6, 6.07) is 17.1. The fourth-order valence-corrected chi connectivity index (χ4v) is 2.99. The molecule has 2 amide bonds. The number of benzene rings is 2. The van der Waals surface area contributed by atoms with Gasteiger partial charge in [-0.2, -0.15) is 8.78 Å². The first-order valence-corrected chi connectivity index (χ1v) is 9.74. The van der Waals surface area contributed by atoms with Gasteiger partial charge in [-0.15, -0.1) is 0 Å². The third-order valence-corrected chi connectivity index (χ3v) is 4.41. The summed E-state index contributed by atoms with van der Waals surface area (Å²) in [5.41, 5.74) is 1.95. The number of furan rings is 1. The quantitative estimate of drug-likeness (QED) is 0.462. The van der Waals surface area contributed by atoms with Crippen LogP contribution in [0.5, 0.6) is 5.75 Å². The molecule has 0 atom stereocenters. The highest BCUT2D eigenvalue weighted by molar-refractivity contribution is 5.92. The van der Waals surface area contributed by atoms with E-state index in [-0.39, 0.29) is 29.7 Å². The largest absolute Gasteiger partial charge is 0.459 e. The van der Waals surface area contributed by atoms with Gasteiger partial charge < -0.3 is 19.8 Å². The van der Waals surface area contributed by atoms with Crippen LogP contribution in [0.2, 0.25) is 0 Å². The van der Waals surface area contributed by atoms with E-state index in [4.69, 9.17) is 4.42 Å². The minimum absolute atomic E-state index is 0.0671. The van der Waals surface area contributed by atoms with Gasteiger partial charge in [-0.25, -0.2) is 0 Å². The van der Waals surface area contributed by atoms with Crippen molar-refractivity contribution >= 4 is 17.5 Å². The van der Waals surface area contributed by atoms with E-state index in [9.17, 15) is 18.4 Å². The van der Waals surface area contributed by atoms with E-state index < -0.39 is 6.61 Å². The second kappa shape index (κ2) is 10.9. The zero-order chi connectivity index (χ0) is 22.1. The molecule has 0 saturated carbocycles. The standard InChI is InChI=1S/C23H22F2N2O4/c24-23(25)31-19-11-10-18(15-17(19)14-16-6-2-1-3-7-16)27-21(28)9-4-12-26-22(29)20-8-5-13-30-20/h1-3,5-8,10-11,13,15,23H,4,9,12,14H2,(H,26,29)(H,27,28). The van der Waals surface area contributed by atoms with Gasteiger partial charge in [0.25, 0.3) is 5.91 Å². The minimum atomic E-state index is -2.94. The molecule has 1 heterocycles. The van der Waals surface area contributed by atoms with E-state index in [1.807, 2.05) is 30.3 Å². The van der Waals surface area contributed by atoms with Crippen LogP contribution in [0.4, 0.5) is 14.5 Å². The van der Waals surface area contributed by atoms with E-state index in [1.54, 1.807) is 18.2 Å². The summed E-state index contributed by atoms with van der Waals surface area (Å²) in [5.74, 6) is -0.315. The summed E-state index contributed by atoms with van der Waals surface area (Å²) >= 11 is 0. The Bertz CT molecular complexity index is 992. The first-order valence-electron chi connectivity index (χ1n) is 9.74. The van der Waals surface area contributed by atoms with E-state index in [0.717, 1.165) is 5.56 Å². The van der Waals surface area contributed by atoms with Gasteiger partial charge in [0.15, 0.2) is 5.76 Å². The molecule has 8 heteroatoms. The molecule has 0 aliphatic carbocycles. The van der Waals surface area contributed by atoms with Gasteiger partial charge in [-0.05, 0) is 42.3 Å². The number of alkyl halides is 2. The van der Waals surface area contributed by atoms with Gasteiger partial charge in [0.05, 0.1) is 6.26 Å². The molecule has 0 spiro atoms.